The first kappa shape index (κ1) is 19.0. The summed E-state index contributed by atoms with van der Waals surface area (Å²) in [5.74, 6) is -0.0666. The Hall–Kier alpha value is -2.73. The molecule has 2 aromatic carbocycles. The molecule has 0 unspecified atom stereocenters. The molecule has 1 amide bonds. The number of hydrogen-bond donors (Lipinski definition) is 1. The van der Waals surface area contributed by atoms with Gasteiger partial charge in [0.2, 0.25) is 11.1 Å². The quantitative estimate of drug-likeness (QED) is 0.679. The minimum atomic E-state index is -0.298. The second kappa shape index (κ2) is 8.31. The Balaban J connectivity index is 2.06. The van der Waals surface area contributed by atoms with Crippen LogP contribution in [0.1, 0.15) is 18.1 Å². The van der Waals surface area contributed by atoms with Crippen molar-refractivity contribution in [3.8, 4) is 22.5 Å². The molecule has 27 heavy (non-hydrogen) atoms. The lowest BCUT2D eigenvalue weighted by Crippen LogP contribution is -2.27. The van der Waals surface area contributed by atoms with Crippen LogP contribution >= 0.6 is 11.8 Å². The topological polar surface area (TPSA) is 67.8 Å². The minimum absolute atomic E-state index is 0.0666. The largest absolute Gasteiger partial charge is 0.358 e. The van der Waals surface area contributed by atoms with Crippen molar-refractivity contribution in [2.75, 3.05) is 7.05 Å². The first-order valence-corrected chi connectivity index (χ1v) is 9.63. The highest BCUT2D eigenvalue weighted by Crippen LogP contribution is 2.31. The van der Waals surface area contributed by atoms with Crippen LogP contribution in [0.5, 0.6) is 0 Å². The molecular weight excluding hydrogens is 356 g/mol. The van der Waals surface area contributed by atoms with Crippen LogP contribution in [0.4, 0.5) is 0 Å². The summed E-state index contributed by atoms with van der Waals surface area (Å²) in [6.07, 6.45) is 0. The van der Waals surface area contributed by atoms with Crippen LogP contribution in [-0.4, -0.2) is 33.4 Å². The molecule has 0 bridgehead atoms. The maximum Gasteiger partial charge on any atom is 0.233 e. The Kier molecular flexibility index (Phi) is 5.86. The summed E-state index contributed by atoms with van der Waals surface area (Å²) in [5, 5.41) is 11.5. The van der Waals surface area contributed by atoms with E-state index in [2.05, 4.69) is 41.5 Å². The average Bonchev–Trinajstić information content (AvgIpc) is 2.68. The molecule has 0 saturated carbocycles. The summed E-state index contributed by atoms with van der Waals surface area (Å²) in [6, 6.07) is 16.3. The smallest absolute Gasteiger partial charge is 0.233 e. The molecule has 1 heterocycles. The van der Waals surface area contributed by atoms with E-state index in [9.17, 15) is 4.79 Å². The monoisotopic (exact) mass is 378 g/mol. The summed E-state index contributed by atoms with van der Waals surface area (Å²) in [6.45, 7) is 5.93. The summed E-state index contributed by atoms with van der Waals surface area (Å²) >= 11 is 1.30. The van der Waals surface area contributed by atoms with Crippen LogP contribution in [0.3, 0.4) is 0 Å². The number of nitrogens with zero attached hydrogens (tertiary/aromatic N) is 3. The summed E-state index contributed by atoms with van der Waals surface area (Å²) in [7, 11) is 1.62. The van der Waals surface area contributed by atoms with Crippen LogP contribution in [0, 0.1) is 13.8 Å². The van der Waals surface area contributed by atoms with Crippen molar-refractivity contribution in [1.82, 2.24) is 20.5 Å². The van der Waals surface area contributed by atoms with E-state index in [-0.39, 0.29) is 11.2 Å². The van der Waals surface area contributed by atoms with Gasteiger partial charge in [0, 0.05) is 18.2 Å². The first-order valence-electron chi connectivity index (χ1n) is 8.75. The summed E-state index contributed by atoms with van der Waals surface area (Å²) < 4.78 is 0. The summed E-state index contributed by atoms with van der Waals surface area (Å²) in [4.78, 5) is 16.6. The van der Waals surface area contributed by atoms with Gasteiger partial charge in [-0.2, -0.15) is 0 Å². The van der Waals surface area contributed by atoms with Gasteiger partial charge in [-0.15, -0.1) is 10.2 Å². The predicted octanol–water partition coefficient (Wildman–Crippen LogP) is 4.05. The van der Waals surface area contributed by atoms with Crippen molar-refractivity contribution in [2.24, 2.45) is 0 Å². The molecule has 0 saturated heterocycles. The normalized spacial score (nSPS) is 11.9. The van der Waals surface area contributed by atoms with Crippen molar-refractivity contribution in [1.29, 1.82) is 0 Å². The van der Waals surface area contributed by atoms with Crippen molar-refractivity contribution >= 4 is 17.7 Å². The van der Waals surface area contributed by atoms with E-state index in [1.54, 1.807) is 7.05 Å². The second-order valence-corrected chi connectivity index (χ2v) is 7.71. The number of hydrogen-bond acceptors (Lipinski definition) is 5. The fourth-order valence-electron chi connectivity index (χ4n) is 2.59. The number of aryl methyl sites for hydroxylation is 2. The molecule has 6 heteroatoms. The van der Waals surface area contributed by atoms with Gasteiger partial charge in [-0.1, -0.05) is 71.4 Å². The molecule has 0 radical (unpaired) electrons. The number of amides is 1. The van der Waals surface area contributed by atoms with E-state index in [0.29, 0.717) is 5.16 Å². The van der Waals surface area contributed by atoms with Crippen LogP contribution in [0.2, 0.25) is 0 Å². The number of carbonyl (C=O) groups is 1. The molecule has 1 atom stereocenters. The molecule has 0 spiro atoms. The molecule has 3 rings (SSSR count). The maximum atomic E-state index is 11.8. The molecule has 1 N–H and O–H groups in total. The Morgan fingerprint density at radius 1 is 0.889 bits per heavy atom. The Morgan fingerprint density at radius 3 is 1.93 bits per heavy atom. The molecule has 5 nitrogen and oxygen atoms in total. The Labute approximate surface area is 163 Å². The van der Waals surface area contributed by atoms with Gasteiger partial charge in [0.1, 0.15) is 11.4 Å². The zero-order valence-electron chi connectivity index (χ0n) is 15.9. The zero-order valence-corrected chi connectivity index (χ0v) is 16.7. The highest BCUT2D eigenvalue weighted by molar-refractivity contribution is 8.00. The lowest BCUT2D eigenvalue weighted by Gasteiger charge is -2.12. The summed E-state index contributed by atoms with van der Waals surface area (Å²) in [5.41, 5.74) is 5.80. The first-order chi connectivity index (χ1) is 13.0. The van der Waals surface area contributed by atoms with Crippen molar-refractivity contribution < 1.29 is 4.79 Å². The van der Waals surface area contributed by atoms with Gasteiger partial charge in [0.15, 0.2) is 0 Å². The van der Waals surface area contributed by atoms with Gasteiger partial charge in [-0.25, -0.2) is 4.98 Å². The SMILES string of the molecule is CNC(=O)[C@H](C)Sc1nnc(-c2ccc(C)cc2)c(-c2ccc(C)cc2)n1. The van der Waals surface area contributed by atoms with Gasteiger partial charge in [-0.3, -0.25) is 4.79 Å². The standard InChI is InChI=1S/C21H22N4OS/c1-13-5-9-16(10-6-13)18-19(17-11-7-14(2)8-12-17)24-25-21(23-18)27-15(3)20(26)22-4/h5-12,15H,1-4H3,(H,22,26)/t15-/m0/s1. The number of benzene rings is 2. The molecule has 0 aliphatic heterocycles. The molecular formula is C21H22N4OS. The number of rotatable bonds is 5. The molecule has 3 aromatic rings. The number of aromatic nitrogens is 3. The van der Waals surface area contributed by atoms with Gasteiger partial charge in [-0.05, 0) is 20.8 Å². The van der Waals surface area contributed by atoms with Gasteiger partial charge in [0.25, 0.3) is 0 Å². The molecule has 1 aromatic heterocycles. The van der Waals surface area contributed by atoms with Gasteiger partial charge >= 0.3 is 0 Å². The lowest BCUT2D eigenvalue weighted by atomic mass is 10.0. The average molecular weight is 379 g/mol. The molecule has 138 valence electrons. The van der Waals surface area contributed by atoms with E-state index in [0.717, 1.165) is 22.5 Å². The van der Waals surface area contributed by atoms with E-state index >= 15 is 0 Å². The number of thioether (sulfide) groups is 1. The van der Waals surface area contributed by atoms with Crippen LogP contribution in [0.25, 0.3) is 22.5 Å². The van der Waals surface area contributed by atoms with Gasteiger partial charge in [0.05, 0.1) is 5.25 Å². The zero-order chi connectivity index (χ0) is 19.4. The fraction of sp³-hybridized carbons (Fsp3) is 0.238. The minimum Gasteiger partial charge on any atom is -0.358 e. The number of nitrogens with one attached hydrogen (secondary N) is 1. The predicted molar refractivity (Wildman–Crippen MR) is 110 cm³/mol. The van der Waals surface area contributed by atoms with E-state index in [4.69, 9.17) is 4.98 Å². The van der Waals surface area contributed by atoms with E-state index < -0.39 is 0 Å². The third kappa shape index (κ3) is 4.52. The van der Waals surface area contributed by atoms with Crippen molar-refractivity contribution in [3.63, 3.8) is 0 Å². The van der Waals surface area contributed by atoms with Crippen LogP contribution in [0.15, 0.2) is 53.7 Å². The Bertz CT molecular complexity index is 939. The van der Waals surface area contributed by atoms with E-state index in [1.807, 2.05) is 43.3 Å². The van der Waals surface area contributed by atoms with Gasteiger partial charge < -0.3 is 5.32 Å². The van der Waals surface area contributed by atoms with Crippen LogP contribution < -0.4 is 5.32 Å². The molecule has 0 fully saturated rings. The second-order valence-electron chi connectivity index (χ2n) is 6.40. The third-order valence-corrected chi connectivity index (χ3v) is 5.17. The van der Waals surface area contributed by atoms with E-state index in [1.165, 1.54) is 22.9 Å². The lowest BCUT2D eigenvalue weighted by molar-refractivity contribution is -0.119. The highest BCUT2D eigenvalue weighted by atomic mass is 32.2. The molecule has 0 aliphatic carbocycles. The van der Waals surface area contributed by atoms with Crippen molar-refractivity contribution in [2.45, 2.75) is 31.2 Å². The molecule has 0 aliphatic rings. The van der Waals surface area contributed by atoms with Crippen LogP contribution in [-0.2, 0) is 4.79 Å². The Morgan fingerprint density at radius 2 is 1.41 bits per heavy atom. The number of carbonyl (C=O) groups excluding carboxylic acids is 1. The maximum absolute atomic E-state index is 11.8. The highest BCUT2D eigenvalue weighted by Gasteiger charge is 2.18. The fourth-order valence-corrected chi connectivity index (χ4v) is 3.37. The van der Waals surface area contributed by atoms with Crippen molar-refractivity contribution in [3.05, 3.63) is 59.7 Å². The third-order valence-electron chi connectivity index (χ3n) is 4.22.